The number of ether oxygens (including phenoxy) is 1. The number of rotatable bonds is 10. The number of piperazine rings is 1. The van der Waals surface area contributed by atoms with Gasteiger partial charge >= 0.3 is 0 Å². The highest BCUT2D eigenvalue weighted by Gasteiger charge is 2.24. The highest BCUT2D eigenvalue weighted by molar-refractivity contribution is 7.19. The standard InChI is InChI=1S/C33H36N8O3S/c34-21-27-26(2-1-3-28(27)35)32-37-29-20-25(45-31(29)33(38-32)41-16-18-44-19-17-41)22-39-12-14-40(15-13-39)30(43)7-6-24(42)5-4-23-8-10-36-11-9-23/h1-5,8-11,20-21,34H,6-7,12-19,22,35H2/b5-4+,34-21?. The Labute approximate surface area is 265 Å². The van der Waals surface area contributed by atoms with Gasteiger partial charge in [0, 0.05) is 99.0 Å². The summed E-state index contributed by atoms with van der Waals surface area (Å²) in [5.41, 5.74) is 9.82. The molecule has 0 aliphatic carbocycles. The molecule has 2 fully saturated rings. The topological polar surface area (TPSA) is 142 Å². The third-order valence-electron chi connectivity index (χ3n) is 8.10. The quantitative estimate of drug-likeness (QED) is 0.153. The van der Waals surface area contributed by atoms with E-state index < -0.39 is 0 Å². The van der Waals surface area contributed by atoms with Crippen molar-refractivity contribution >= 4 is 57.0 Å². The van der Waals surface area contributed by atoms with E-state index in [1.165, 1.54) is 17.2 Å². The van der Waals surface area contributed by atoms with Gasteiger partial charge in [0.05, 0.1) is 23.4 Å². The van der Waals surface area contributed by atoms with E-state index in [2.05, 4.69) is 20.9 Å². The van der Waals surface area contributed by atoms with Gasteiger partial charge in [-0.25, -0.2) is 9.97 Å². The molecule has 6 rings (SSSR count). The number of benzene rings is 1. The molecule has 232 valence electrons. The zero-order valence-corrected chi connectivity index (χ0v) is 25.8. The molecular weight excluding hydrogens is 588 g/mol. The van der Waals surface area contributed by atoms with Crippen LogP contribution in [0.5, 0.6) is 0 Å². The second-order valence-corrected chi connectivity index (χ2v) is 12.2. The number of nitrogen functional groups attached to an aromatic ring is 1. The number of nitrogens with two attached hydrogens (primary N) is 1. The van der Waals surface area contributed by atoms with Crippen LogP contribution in [0.1, 0.15) is 28.8 Å². The van der Waals surface area contributed by atoms with Gasteiger partial charge < -0.3 is 25.7 Å². The Bertz CT molecular complexity index is 1710. The van der Waals surface area contributed by atoms with Gasteiger partial charge in [0.2, 0.25) is 5.91 Å². The van der Waals surface area contributed by atoms with Crippen molar-refractivity contribution in [3.05, 3.63) is 70.9 Å². The van der Waals surface area contributed by atoms with Crippen LogP contribution in [0.3, 0.4) is 0 Å². The van der Waals surface area contributed by atoms with Crippen molar-refractivity contribution < 1.29 is 14.3 Å². The van der Waals surface area contributed by atoms with Crippen molar-refractivity contribution in [3.8, 4) is 11.4 Å². The molecule has 3 aromatic heterocycles. The molecule has 0 bridgehead atoms. The fourth-order valence-corrected chi connectivity index (χ4v) is 6.76. The van der Waals surface area contributed by atoms with E-state index in [-0.39, 0.29) is 24.5 Å². The number of nitrogens with zero attached hydrogens (tertiary/aromatic N) is 6. The van der Waals surface area contributed by atoms with Crippen molar-refractivity contribution in [1.82, 2.24) is 24.8 Å². The number of pyridine rings is 1. The van der Waals surface area contributed by atoms with Gasteiger partial charge in [-0.1, -0.05) is 18.2 Å². The summed E-state index contributed by atoms with van der Waals surface area (Å²) in [6.07, 6.45) is 8.32. The third kappa shape index (κ3) is 7.25. The predicted octanol–water partition coefficient (Wildman–Crippen LogP) is 3.88. The molecule has 2 aliphatic heterocycles. The number of nitrogens with one attached hydrogen (secondary N) is 1. The van der Waals surface area contributed by atoms with Gasteiger partial charge in [-0.15, -0.1) is 11.3 Å². The summed E-state index contributed by atoms with van der Waals surface area (Å²) in [5.74, 6) is 1.40. The van der Waals surface area contributed by atoms with E-state index >= 15 is 0 Å². The van der Waals surface area contributed by atoms with Crippen molar-refractivity contribution in [3.63, 3.8) is 0 Å². The van der Waals surface area contributed by atoms with Crippen LogP contribution < -0.4 is 10.6 Å². The molecule has 11 nitrogen and oxygen atoms in total. The first kappa shape index (κ1) is 30.5. The predicted molar refractivity (Wildman–Crippen MR) is 178 cm³/mol. The molecule has 0 spiro atoms. The lowest BCUT2D eigenvalue weighted by Crippen LogP contribution is -2.48. The summed E-state index contributed by atoms with van der Waals surface area (Å²) < 4.78 is 6.64. The Morgan fingerprint density at radius 1 is 1.00 bits per heavy atom. The number of aromatic nitrogens is 3. The molecule has 2 aliphatic rings. The number of carbonyl (C=O) groups is 2. The normalized spacial score (nSPS) is 16.0. The molecule has 2 saturated heterocycles. The molecule has 0 atom stereocenters. The largest absolute Gasteiger partial charge is 0.398 e. The van der Waals surface area contributed by atoms with Crippen molar-refractivity contribution in [2.75, 3.05) is 63.1 Å². The molecule has 1 amide bonds. The average Bonchev–Trinajstić information content (AvgIpc) is 3.49. The first-order chi connectivity index (χ1) is 22.0. The number of ketones is 1. The Morgan fingerprint density at radius 2 is 1.78 bits per heavy atom. The number of hydrogen-bond donors (Lipinski definition) is 2. The fraction of sp³-hybridized carbons (Fsp3) is 0.333. The number of allylic oxidation sites excluding steroid dienone is 1. The van der Waals surface area contributed by atoms with Crippen molar-refractivity contribution in [2.45, 2.75) is 19.4 Å². The summed E-state index contributed by atoms with van der Waals surface area (Å²) in [6.45, 7) is 6.31. The van der Waals surface area contributed by atoms with Crippen molar-refractivity contribution in [2.24, 2.45) is 0 Å². The minimum absolute atomic E-state index is 0.0194. The van der Waals surface area contributed by atoms with Crippen LogP contribution in [0.2, 0.25) is 0 Å². The summed E-state index contributed by atoms with van der Waals surface area (Å²) >= 11 is 1.70. The minimum atomic E-state index is -0.0592. The van der Waals surface area contributed by atoms with E-state index in [1.807, 2.05) is 29.2 Å². The highest BCUT2D eigenvalue weighted by Crippen LogP contribution is 2.36. The number of anilines is 2. The molecule has 0 radical (unpaired) electrons. The van der Waals surface area contributed by atoms with Crippen LogP contribution in [-0.4, -0.2) is 95.1 Å². The molecule has 45 heavy (non-hydrogen) atoms. The second-order valence-electron chi connectivity index (χ2n) is 11.1. The van der Waals surface area contributed by atoms with Crippen LogP contribution in [0.25, 0.3) is 27.7 Å². The summed E-state index contributed by atoms with van der Waals surface area (Å²) in [6, 6.07) is 11.3. The van der Waals surface area contributed by atoms with Crippen LogP contribution in [0, 0.1) is 5.41 Å². The molecular formula is C33H36N8O3S. The summed E-state index contributed by atoms with van der Waals surface area (Å²) in [4.78, 5) is 46.7. The number of fused-ring (bicyclic) bond motifs is 1. The lowest BCUT2D eigenvalue weighted by atomic mass is 10.1. The third-order valence-corrected chi connectivity index (χ3v) is 9.20. The number of thiophene rings is 1. The Hall–Kier alpha value is -4.52. The zero-order chi connectivity index (χ0) is 31.2. The lowest BCUT2D eigenvalue weighted by molar-refractivity contribution is -0.134. The van der Waals surface area contributed by atoms with Crippen LogP contribution in [0.4, 0.5) is 11.5 Å². The monoisotopic (exact) mass is 624 g/mol. The van der Waals surface area contributed by atoms with Gasteiger partial charge in [-0.05, 0) is 35.9 Å². The first-order valence-corrected chi connectivity index (χ1v) is 15.9. The van der Waals surface area contributed by atoms with Crippen LogP contribution >= 0.6 is 11.3 Å². The molecule has 5 heterocycles. The molecule has 1 aromatic carbocycles. The smallest absolute Gasteiger partial charge is 0.223 e. The van der Waals surface area contributed by atoms with Gasteiger partial charge in [0.15, 0.2) is 17.4 Å². The summed E-state index contributed by atoms with van der Waals surface area (Å²) in [7, 11) is 0. The lowest BCUT2D eigenvalue weighted by Gasteiger charge is -2.34. The Kier molecular flexibility index (Phi) is 9.53. The number of morpholine rings is 1. The maximum absolute atomic E-state index is 12.8. The van der Waals surface area contributed by atoms with E-state index in [4.69, 9.17) is 25.8 Å². The van der Waals surface area contributed by atoms with Gasteiger partial charge in [-0.2, -0.15) is 0 Å². The maximum Gasteiger partial charge on any atom is 0.223 e. The minimum Gasteiger partial charge on any atom is -0.398 e. The van der Waals surface area contributed by atoms with Crippen LogP contribution in [-0.2, 0) is 20.9 Å². The van der Waals surface area contributed by atoms with Crippen LogP contribution in [0.15, 0.2) is 54.9 Å². The van der Waals surface area contributed by atoms with Crippen molar-refractivity contribution in [1.29, 1.82) is 5.41 Å². The van der Waals surface area contributed by atoms with Gasteiger partial charge in [0.1, 0.15) is 0 Å². The SMILES string of the molecule is N=Cc1c(N)cccc1-c1nc(N2CCOCC2)c2sc(CN3CCN(C(=O)CCC(=O)/C=C/c4ccncc4)CC3)cc2n1. The highest BCUT2D eigenvalue weighted by atomic mass is 32.1. The average molecular weight is 625 g/mol. The fourth-order valence-electron chi connectivity index (χ4n) is 5.60. The second kappa shape index (κ2) is 14.1. The van der Waals surface area contributed by atoms with E-state index in [9.17, 15) is 9.59 Å². The number of amides is 1. The number of carbonyl (C=O) groups excluding carboxylic acids is 2. The zero-order valence-electron chi connectivity index (χ0n) is 25.0. The maximum atomic E-state index is 12.8. The Balaban J connectivity index is 1.11. The van der Waals surface area contributed by atoms with E-state index in [0.717, 1.165) is 59.9 Å². The van der Waals surface area contributed by atoms with Gasteiger partial charge in [0.25, 0.3) is 0 Å². The number of hydrogen-bond acceptors (Lipinski definition) is 11. The molecule has 0 unspecified atom stereocenters. The first-order valence-electron chi connectivity index (χ1n) is 15.1. The molecule has 4 aromatic rings. The molecule has 0 saturated carbocycles. The van der Waals surface area contributed by atoms with E-state index in [1.54, 1.807) is 35.9 Å². The van der Waals surface area contributed by atoms with E-state index in [0.29, 0.717) is 43.4 Å². The van der Waals surface area contributed by atoms with Gasteiger partial charge in [-0.3, -0.25) is 19.5 Å². The Morgan fingerprint density at radius 3 is 2.53 bits per heavy atom. The summed E-state index contributed by atoms with van der Waals surface area (Å²) in [5, 5.41) is 7.93. The molecule has 12 heteroatoms. The molecule has 3 N–H and O–H groups in total.